The lowest BCUT2D eigenvalue weighted by molar-refractivity contribution is -0.138. The Morgan fingerprint density at radius 3 is 2.18 bits per heavy atom. The molecular weight excluding hydrogens is 500 g/mol. The normalized spacial score (nSPS) is 17.2. The van der Waals surface area contributed by atoms with E-state index < -0.39 is 59.7 Å². The molecule has 212 valence electrons. The fourth-order valence-corrected chi connectivity index (χ4v) is 3.83. The summed E-state index contributed by atoms with van der Waals surface area (Å²) in [6.07, 6.45) is 3.16. The first kappa shape index (κ1) is 32.1. The number of carbonyl (C=O) groups excluding carboxylic acids is 7. The molecule has 6 amide bonds. The first-order valence-electron chi connectivity index (χ1n) is 12.5. The van der Waals surface area contributed by atoms with Crippen molar-refractivity contribution < 1.29 is 38.3 Å². The van der Waals surface area contributed by atoms with Crippen LogP contribution in [0.2, 0.25) is 0 Å². The fraction of sp³-hybridized carbons (Fsp3) is 0.625. The summed E-state index contributed by atoms with van der Waals surface area (Å²) in [7, 11) is 0. The molecule has 14 heteroatoms. The van der Waals surface area contributed by atoms with Crippen LogP contribution >= 0.6 is 0 Å². The molecule has 0 saturated carbocycles. The van der Waals surface area contributed by atoms with E-state index in [2.05, 4.69) is 16.0 Å². The Bertz CT molecular complexity index is 937. The summed E-state index contributed by atoms with van der Waals surface area (Å²) >= 11 is 0. The van der Waals surface area contributed by atoms with Crippen LogP contribution in [-0.2, 0) is 38.3 Å². The fourth-order valence-electron chi connectivity index (χ4n) is 3.83. The average Bonchev–Trinajstić information content (AvgIpc) is 3.33. The van der Waals surface area contributed by atoms with E-state index in [1.54, 1.807) is 6.92 Å². The second-order valence-electron chi connectivity index (χ2n) is 8.90. The van der Waals surface area contributed by atoms with Crippen molar-refractivity contribution >= 4 is 41.4 Å². The molecule has 4 atom stereocenters. The number of carbonyl (C=O) groups is 7. The highest BCUT2D eigenvalue weighted by atomic mass is 16.5. The number of nitrogens with two attached hydrogens (primary N) is 2. The van der Waals surface area contributed by atoms with E-state index in [0.29, 0.717) is 19.4 Å². The maximum atomic E-state index is 13.0. The number of nitrogens with one attached hydrogen (secondary N) is 3. The van der Waals surface area contributed by atoms with Crippen molar-refractivity contribution in [3.8, 4) is 0 Å². The van der Waals surface area contributed by atoms with Gasteiger partial charge in [0, 0.05) is 38.4 Å². The predicted molar refractivity (Wildman–Crippen MR) is 135 cm³/mol. The molecule has 0 aromatic heterocycles. The number of hydrogen-bond acceptors (Lipinski definition) is 8. The summed E-state index contributed by atoms with van der Waals surface area (Å²) in [6, 6.07) is -3.78. The van der Waals surface area contributed by atoms with E-state index in [-0.39, 0.29) is 38.2 Å². The van der Waals surface area contributed by atoms with Crippen LogP contribution in [0.15, 0.2) is 12.2 Å². The van der Waals surface area contributed by atoms with Gasteiger partial charge in [0.05, 0.1) is 6.61 Å². The first-order chi connectivity index (χ1) is 17.8. The van der Waals surface area contributed by atoms with Crippen molar-refractivity contribution in [3.63, 3.8) is 0 Å². The van der Waals surface area contributed by atoms with Gasteiger partial charge in [0.25, 0.3) is 0 Å². The van der Waals surface area contributed by atoms with Gasteiger partial charge in [0.15, 0.2) is 0 Å². The van der Waals surface area contributed by atoms with Gasteiger partial charge in [-0.1, -0.05) is 6.08 Å². The van der Waals surface area contributed by atoms with Gasteiger partial charge in [0.1, 0.15) is 18.1 Å². The summed E-state index contributed by atoms with van der Waals surface area (Å²) in [6.45, 7) is 5.00. The molecule has 1 heterocycles. The molecule has 0 aliphatic carbocycles. The highest BCUT2D eigenvalue weighted by Gasteiger charge is 2.34. The molecule has 1 saturated heterocycles. The predicted octanol–water partition coefficient (Wildman–Crippen LogP) is -1.88. The van der Waals surface area contributed by atoms with Crippen LogP contribution in [0, 0.1) is 0 Å². The van der Waals surface area contributed by atoms with E-state index in [1.807, 2.05) is 0 Å². The van der Waals surface area contributed by atoms with Gasteiger partial charge in [-0.25, -0.2) is 4.79 Å². The lowest BCUT2D eigenvalue weighted by Crippen LogP contribution is -2.56. The van der Waals surface area contributed by atoms with Crippen LogP contribution in [-0.4, -0.2) is 83.6 Å². The molecule has 0 aromatic rings. The Balaban J connectivity index is 2.91. The van der Waals surface area contributed by atoms with Crippen molar-refractivity contribution in [2.24, 2.45) is 11.5 Å². The van der Waals surface area contributed by atoms with Gasteiger partial charge in [-0.3, -0.25) is 28.8 Å². The summed E-state index contributed by atoms with van der Waals surface area (Å²) in [4.78, 5) is 85.9. The molecule has 0 aromatic carbocycles. The summed E-state index contributed by atoms with van der Waals surface area (Å²) < 4.78 is 4.81. The van der Waals surface area contributed by atoms with Crippen molar-refractivity contribution in [1.29, 1.82) is 0 Å². The summed E-state index contributed by atoms with van der Waals surface area (Å²) in [5.41, 5.74) is 10.4. The summed E-state index contributed by atoms with van der Waals surface area (Å²) in [5.74, 6) is -4.12. The molecule has 1 rings (SSSR count). The zero-order valence-electron chi connectivity index (χ0n) is 22.0. The SMILES string of the molecule is CCOC(=O)/C=C/[C@H](CCC(N)=O)NC(=O)[C@H](CCC(N)=O)NC(=O)[C@H](C)NC(=O)[C@@H]1CCCN1C(C)=O. The van der Waals surface area contributed by atoms with Gasteiger partial charge >= 0.3 is 5.97 Å². The summed E-state index contributed by atoms with van der Waals surface area (Å²) in [5, 5.41) is 7.65. The Morgan fingerprint density at radius 1 is 0.974 bits per heavy atom. The van der Waals surface area contributed by atoms with Crippen LogP contribution in [0.3, 0.4) is 0 Å². The molecule has 0 unspecified atom stereocenters. The van der Waals surface area contributed by atoms with Gasteiger partial charge in [-0.05, 0) is 39.5 Å². The van der Waals surface area contributed by atoms with Gasteiger partial charge in [-0.2, -0.15) is 0 Å². The average molecular weight is 539 g/mol. The maximum Gasteiger partial charge on any atom is 0.330 e. The lowest BCUT2D eigenvalue weighted by atomic mass is 10.1. The minimum absolute atomic E-state index is 0.0635. The topological polar surface area (TPSA) is 220 Å². The molecule has 14 nitrogen and oxygen atoms in total. The third-order valence-electron chi connectivity index (χ3n) is 5.80. The third kappa shape index (κ3) is 11.4. The van der Waals surface area contributed by atoms with Crippen molar-refractivity contribution in [2.45, 2.75) is 83.5 Å². The van der Waals surface area contributed by atoms with E-state index in [1.165, 1.54) is 24.8 Å². The maximum absolute atomic E-state index is 13.0. The van der Waals surface area contributed by atoms with Crippen LogP contribution in [0.25, 0.3) is 0 Å². The van der Waals surface area contributed by atoms with Gasteiger partial charge in [-0.15, -0.1) is 0 Å². The highest BCUT2D eigenvalue weighted by Crippen LogP contribution is 2.17. The minimum Gasteiger partial charge on any atom is -0.463 e. The standard InChI is InChI=1S/C24H38N6O8/c1-4-38-21(34)12-8-16(7-10-19(25)32)28-23(36)17(9-11-20(26)33)29-22(35)14(2)27-24(37)18-6-5-13-30(18)15(3)31/h8,12,14,16-18H,4-7,9-11,13H2,1-3H3,(H2,25,32)(H2,26,33)(H,27,37)(H,28,36)(H,29,35)/b12-8+/t14-,16-,17-,18-/m0/s1. The van der Waals surface area contributed by atoms with Crippen molar-refractivity contribution in [2.75, 3.05) is 13.2 Å². The number of likely N-dealkylation sites (tertiary alicyclic amines) is 1. The molecule has 0 radical (unpaired) electrons. The number of ether oxygens (including phenoxy) is 1. The third-order valence-corrected chi connectivity index (χ3v) is 5.80. The van der Waals surface area contributed by atoms with Crippen LogP contribution < -0.4 is 27.4 Å². The largest absolute Gasteiger partial charge is 0.463 e. The molecule has 0 bridgehead atoms. The number of rotatable bonds is 15. The lowest BCUT2D eigenvalue weighted by Gasteiger charge is -2.26. The van der Waals surface area contributed by atoms with Crippen LogP contribution in [0.5, 0.6) is 0 Å². The van der Waals surface area contributed by atoms with Crippen LogP contribution in [0.4, 0.5) is 0 Å². The number of nitrogens with zero attached hydrogens (tertiary/aromatic N) is 1. The Kier molecular flexibility index (Phi) is 13.5. The molecule has 1 fully saturated rings. The van der Waals surface area contributed by atoms with Crippen molar-refractivity contribution in [3.05, 3.63) is 12.2 Å². The van der Waals surface area contributed by atoms with E-state index >= 15 is 0 Å². The first-order valence-corrected chi connectivity index (χ1v) is 12.5. The zero-order valence-corrected chi connectivity index (χ0v) is 22.0. The number of amides is 6. The molecule has 7 N–H and O–H groups in total. The molecule has 38 heavy (non-hydrogen) atoms. The second-order valence-corrected chi connectivity index (χ2v) is 8.90. The second kappa shape index (κ2) is 16.0. The number of primary amides is 2. The minimum atomic E-state index is -1.22. The van der Waals surface area contributed by atoms with E-state index in [4.69, 9.17) is 16.2 Å². The molecular formula is C24H38N6O8. The monoisotopic (exact) mass is 538 g/mol. The quantitative estimate of drug-likeness (QED) is 0.117. The number of hydrogen-bond donors (Lipinski definition) is 5. The molecule has 1 aliphatic heterocycles. The Labute approximate surface area is 221 Å². The van der Waals surface area contributed by atoms with Crippen molar-refractivity contribution in [1.82, 2.24) is 20.9 Å². The Morgan fingerprint density at radius 2 is 1.61 bits per heavy atom. The highest BCUT2D eigenvalue weighted by molar-refractivity contribution is 5.94. The Hall–Kier alpha value is -3.97. The van der Waals surface area contributed by atoms with Crippen LogP contribution in [0.1, 0.15) is 59.3 Å². The van der Waals surface area contributed by atoms with E-state index in [9.17, 15) is 33.6 Å². The smallest absolute Gasteiger partial charge is 0.330 e. The number of esters is 1. The van der Waals surface area contributed by atoms with Gasteiger partial charge in [0.2, 0.25) is 35.4 Å². The zero-order chi connectivity index (χ0) is 28.8. The molecule has 0 spiro atoms. The molecule has 1 aliphatic rings. The van der Waals surface area contributed by atoms with Gasteiger partial charge < -0.3 is 37.1 Å². The van der Waals surface area contributed by atoms with E-state index in [0.717, 1.165) is 6.08 Å².